The van der Waals surface area contributed by atoms with Crippen LogP contribution in [0.3, 0.4) is 0 Å². The maximum absolute atomic E-state index is 13.6. The van der Waals surface area contributed by atoms with Crippen LogP contribution >= 0.6 is 15.9 Å². The lowest BCUT2D eigenvalue weighted by Gasteiger charge is -2.09. The minimum Gasteiger partial charge on any atom is -0.486 e. The number of benzene rings is 2. The first-order valence-corrected chi connectivity index (χ1v) is 6.08. The number of hydrogen-bond acceptors (Lipinski definition) is 1. The van der Waals surface area contributed by atoms with Crippen molar-refractivity contribution in [3.63, 3.8) is 0 Å². The van der Waals surface area contributed by atoms with E-state index >= 15 is 0 Å². The first kappa shape index (κ1) is 12.1. The minimum atomic E-state index is -0.349. The van der Waals surface area contributed by atoms with Crippen molar-refractivity contribution in [3.8, 4) is 5.75 Å². The van der Waals surface area contributed by atoms with Crippen molar-refractivity contribution >= 4 is 15.9 Å². The summed E-state index contributed by atoms with van der Waals surface area (Å²) in [6.07, 6.45) is 0. The SMILES string of the molecule is Cc1cc(OCc2ccccc2)c(F)cc1Br. The third-order valence-corrected chi connectivity index (χ3v) is 3.30. The fourth-order valence-electron chi connectivity index (χ4n) is 1.48. The maximum atomic E-state index is 13.6. The molecule has 2 aromatic carbocycles. The summed E-state index contributed by atoms with van der Waals surface area (Å²) in [5, 5.41) is 0. The van der Waals surface area contributed by atoms with Gasteiger partial charge in [0.15, 0.2) is 11.6 Å². The van der Waals surface area contributed by atoms with Gasteiger partial charge in [0.2, 0.25) is 0 Å². The highest BCUT2D eigenvalue weighted by atomic mass is 79.9. The van der Waals surface area contributed by atoms with Crippen molar-refractivity contribution in [2.24, 2.45) is 0 Å². The summed E-state index contributed by atoms with van der Waals surface area (Å²) in [6, 6.07) is 12.8. The van der Waals surface area contributed by atoms with E-state index in [1.165, 1.54) is 6.07 Å². The molecule has 0 fully saturated rings. The van der Waals surface area contributed by atoms with Crippen LogP contribution < -0.4 is 4.74 Å². The molecule has 0 radical (unpaired) electrons. The molecule has 2 rings (SSSR count). The van der Waals surface area contributed by atoms with Crippen LogP contribution in [0.15, 0.2) is 46.9 Å². The van der Waals surface area contributed by atoms with Crippen LogP contribution in [-0.4, -0.2) is 0 Å². The molecule has 0 spiro atoms. The summed E-state index contributed by atoms with van der Waals surface area (Å²) < 4.78 is 19.8. The van der Waals surface area contributed by atoms with Gasteiger partial charge < -0.3 is 4.74 Å². The largest absolute Gasteiger partial charge is 0.486 e. The lowest BCUT2D eigenvalue weighted by atomic mass is 10.2. The second kappa shape index (κ2) is 5.32. The lowest BCUT2D eigenvalue weighted by Crippen LogP contribution is -1.97. The summed E-state index contributed by atoms with van der Waals surface area (Å²) in [7, 11) is 0. The van der Waals surface area contributed by atoms with Crippen LogP contribution in [-0.2, 0) is 6.61 Å². The van der Waals surface area contributed by atoms with Crippen LogP contribution in [0.5, 0.6) is 5.75 Å². The van der Waals surface area contributed by atoms with E-state index in [2.05, 4.69) is 15.9 Å². The van der Waals surface area contributed by atoms with Crippen LogP contribution in [0.2, 0.25) is 0 Å². The standard InChI is InChI=1S/C14H12BrFO/c1-10-7-14(13(16)8-12(10)15)17-9-11-5-3-2-4-6-11/h2-8H,9H2,1H3. The second-order valence-electron chi connectivity index (χ2n) is 3.81. The molecule has 88 valence electrons. The molecule has 1 nitrogen and oxygen atoms in total. The Kier molecular flexibility index (Phi) is 3.79. The molecule has 0 saturated heterocycles. The van der Waals surface area contributed by atoms with Gasteiger partial charge in [0.1, 0.15) is 6.61 Å². The molecule has 0 aromatic heterocycles. The van der Waals surface area contributed by atoms with Crippen molar-refractivity contribution in [1.29, 1.82) is 0 Å². The van der Waals surface area contributed by atoms with E-state index in [4.69, 9.17) is 4.74 Å². The van der Waals surface area contributed by atoms with Gasteiger partial charge in [-0.25, -0.2) is 4.39 Å². The molecule has 0 aliphatic carbocycles. The fraction of sp³-hybridized carbons (Fsp3) is 0.143. The van der Waals surface area contributed by atoms with E-state index in [1.54, 1.807) is 6.07 Å². The maximum Gasteiger partial charge on any atom is 0.166 e. The minimum absolute atomic E-state index is 0.287. The molecule has 0 heterocycles. The molecular weight excluding hydrogens is 283 g/mol. The van der Waals surface area contributed by atoms with E-state index in [9.17, 15) is 4.39 Å². The molecule has 0 saturated carbocycles. The van der Waals surface area contributed by atoms with Crippen molar-refractivity contribution < 1.29 is 9.13 Å². The zero-order chi connectivity index (χ0) is 12.3. The highest BCUT2D eigenvalue weighted by Crippen LogP contribution is 2.26. The Balaban J connectivity index is 2.12. The summed E-state index contributed by atoms with van der Waals surface area (Å²) in [5.41, 5.74) is 1.97. The number of aryl methyl sites for hydroxylation is 1. The van der Waals surface area contributed by atoms with Gasteiger partial charge in [-0.2, -0.15) is 0 Å². The third kappa shape index (κ3) is 3.07. The molecule has 0 amide bonds. The van der Waals surface area contributed by atoms with Gasteiger partial charge in [-0.3, -0.25) is 0 Å². The molecular formula is C14H12BrFO. The number of halogens is 2. The van der Waals surface area contributed by atoms with E-state index in [-0.39, 0.29) is 11.6 Å². The molecule has 0 N–H and O–H groups in total. The summed E-state index contributed by atoms with van der Waals surface area (Å²) >= 11 is 3.28. The molecule has 0 aliphatic rings. The molecule has 3 heteroatoms. The average Bonchev–Trinajstić information content (AvgIpc) is 2.33. The first-order valence-electron chi connectivity index (χ1n) is 5.29. The molecule has 2 aromatic rings. The zero-order valence-electron chi connectivity index (χ0n) is 9.41. The smallest absolute Gasteiger partial charge is 0.166 e. The Labute approximate surface area is 108 Å². The normalized spacial score (nSPS) is 10.3. The predicted molar refractivity (Wildman–Crippen MR) is 69.6 cm³/mol. The first-order chi connectivity index (χ1) is 8.16. The van der Waals surface area contributed by atoms with Crippen molar-refractivity contribution in [2.75, 3.05) is 0 Å². The third-order valence-electron chi connectivity index (χ3n) is 2.45. The Bertz CT molecular complexity index is 511. The highest BCUT2D eigenvalue weighted by Gasteiger charge is 2.07. The number of rotatable bonds is 3. The van der Waals surface area contributed by atoms with Crippen molar-refractivity contribution in [1.82, 2.24) is 0 Å². The Hall–Kier alpha value is -1.35. The average molecular weight is 295 g/mol. The Morgan fingerprint density at radius 2 is 1.88 bits per heavy atom. The topological polar surface area (TPSA) is 9.23 Å². The van der Waals surface area contributed by atoms with E-state index < -0.39 is 0 Å². The molecule has 17 heavy (non-hydrogen) atoms. The van der Waals surface area contributed by atoms with Crippen molar-refractivity contribution in [2.45, 2.75) is 13.5 Å². The van der Waals surface area contributed by atoms with Gasteiger partial charge >= 0.3 is 0 Å². The van der Waals surface area contributed by atoms with Crippen LogP contribution in [0.25, 0.3) is 0 Å². The molecule has 0 unspecified atom stereocenters. The summed E-state index contributed by atoms with van der Waals surface area (Å²) in [4.78, 5) is 0. The fourth-order valence-corrected chi connectivity index (χ4v) is 1.79. The van der Waals surface area contributed by atoms with E-state index in [0.717, 1.165) is 15.6 Å². The van der Waals surface area contributed by atoms with E-state index in [1.807, 2.05) is 37.3 Å². The van der Waals surface area contributed by atoms with Gasteiger partial charge in [0, 0.05) is 4.47 Å². The summed E-state index contributed by atoms with van der Waals surface area (Å²) in [6.45, 7) is 2.28. The van der Waals surface area contributed by atoms with Gasteiger partial charge in [0.25, 0.3) is 0 Å². The van der Waals surface area contributed by atoms with Gasteiger partial charge in [-0.15, -0.1) is 0 Å². The monoisotopic (exact) mass is 294 g/mol. The highest BCUT2D eigenvalue weighted by molar-refractivity contribution is 9.10. The summed E-state index contributed by atoms with van der Waals surface area (Å²) in [5.74, 6) is -0.0621. The zero-order valence-corrected chi connectivity index (χ0v) is 11.0. The van der Waals surface area contributed by atoms with Crippen LogP contribution in [0, 0.1) is 12.7 Å². The predicted octanol–water partition coefficient (Wildman–Crippen LogP) is 4.48. The van der Waals surface area contributed by atoms with E-state index in [0.29, 0.717) is 6.61 Å². The molecule has 0 bridgehead atoms. The molecule has 0 atom stereocenters. The quantitative estimate of drug-likeness (QED) is 0.811. The van der Waals surface area contributed by atoms with Gasteiger partial charge in [-0.1, -0.05) is 46.3 Å². The van der Waals surface area contributed by atoms with Gasteiger partial charge in [-0.05, 0) is 30.2 Å². The second-order valence-corrected chi connectivity index (χ2v) is 4.66. The molecule has 0 aliphatic heterocycles. The number of hydrogen-bond donors (Lipinski definition) is 0. The van der Waals surface area contributed by atoms with Gasteiger partial charge in [0.05, 0.1) is 0 Å². The van der Waals surface area contributed by atoms with Crippen LogP contribution in [0.1, 0.15) is 11.1 Å². The Morgan fingerprint density at radius 1 is 1.18 bits per heavy atom. The lowest BCUT2D eigenvalue weighted by molar-refractivity contribution is 0.290. The number of ether oxygens (including phenoxy) is 1. The van der Waals surface area contributed by atoms with Crippen LogP contribution in [0.4, 0.5) is 4.39 Å². The Morgan fingerprint density at radius 3 is 2.59 bits per heavy atom. The van der Waals surface area contributed by atoms with Crippen molar-refractivity contribution in [3.05, 3.63) is 63.9 Å².